The summed E-state index contributed by atoms with van der Waals surface area (Å²) in [6, 6.07) is 10.5. The molecule has 0 fully saturated rings. The molecule has 86 valence electrons. The van der Waals surface area contributed by atoms with Crippen LogP contribution in [0.25, 0.3) is 0 Å². The zero-order valence-electron chi connectivity index (χ0n) is 9.76. The van der Waals surface area contributed by atoms with Gasteiger partial charge in [-0.25, -0.2) is 0 Å². The highest BCUT2D eigenvalue weighted by molar-refractivity contribution is 9.10. The molecule has 1 unspecified atom stereocenters. The molecule has 1 N–H and O–H groups in total. The largest absolute Gasteiger partial charge is 0.299 e. The Labute approximate surface area is 106 Å². The summed E-state index contributed by atoms with van der Waals surface area (Å²) in [7, 11) is 0. The summed E-state index contributed by atoms with van der Waals surface area (Å²) in [5.41, 5.74) is 0.708. The lowest BCUT2D eigenvalue weighted by Gasteiger charge is -2.23. The van der Waals surface area contributed by atoms with Gasteiger partial charge >= 0.3 is 0 Å². The molecule has 0 amide bonds. The van der Waals surface area contributed by atoms with Crippen molar-refractivity contribution in [3.05, 3.63) is 34.3 Å². The van der Waals surface area contributed by atoms with Crippen molar-refractivity contribution in [1.29, 1.82) is 5.26 Å². The van der Waals surface area contributed by atoms with E-state index in [1.165, 1.54) is 5.56 Å². The molecule has 0 saturated heterocycles. The van der Waals surface area contributed by atoms with Crippen LogP contribution in [0.4, 0.5) is 0 Å². The summed E-state index contributed by atoms with van der Waals surface area (Å²) in [5.74, 6) is 0. The summed E-state index contributed by atoms with van der Waals surface area (Å²) in [6.45, 7) is 4.93. The van der Waals surface area contributed by atoms with Gasteiger partial charge in [0.05, 0.1) is 6.07 Å². The van der Waals surface area contributed by atoms with Gasteiger partial charge in [-0.15, -0.1) is 0 Å². The first-order valence-electron chi connectivity index (χ1n) is 5.50. The van der Waals surface area contributed by atoms with Crippen molar-refractivity contribution in [2.24, 2.45) is 0 Å². The van der Waals surface area contributed by atoms with Gasteiger partial charge in [-0.05, 0) is 37.6 Å². The smallest absolute Gasteiger partial charge is 0.107 e. The van der Waals surface area contributed by atoms with Crippen molar-refractivity contribution >= 4 is 15.9 Å². The minimum absolute atomic E-state index is 0.468. The monoisotopic (exact) mass is 280 g/mol. The Morgan fingerprint density at radius 3 is 2.50 bits per heavy atom. The van der Waals surface area contributed by atoms with Crippen molar-refractivity contribution in [3.8, 4) is 6.07 Å². The molecular formula is C13H17BrN2. The summed E-state index contributed by atoms with van der Waals surface area (Å²) in [4.78, 5) is 0. The second-order valence-electron chi connectivity index (χ2n) is 4.17. The van der Waals surface area contributed by atoms with E-state index in [4.69, 9.17) is 0 Å². The highest BCUT2D eigenvalue weighted by Gasteiger charge is 2.22. The van der Waals surface area contributed by atoms with E-state index >= 15 is 0 Å². The molecule has 1 aromatic carbocycles. The number of rotatable bonds is 5. The van der Waals surface area contributed by atoms with Crippen LogP contribution in [0.3, 0.4) is 0 Å². The van der Waals surface area contributed by atoms with E-state index in [0.717, 1.165) is 23.9 Å². The van der Waals surface area contributed by atoms with Gasteiger partial charge < -0.3 is 0 Å². The zero-order chi connectivity index (χ0) is 12.0. The molecule has 0 aliphatic rings. The fraction of sp³-hybridized carbons (Fsp3) is 0.462. The zero-order valence-corrected chi connectivity index (χ0v) is 11.3. The molecular weight excluding hydrogens is 264 g/mol. The number of hydrogen-bond acceptors (Lipinski definition) is 2. The Morgan fingerprint density at radius 2 is 2.00 bits per heavy atom. The maximum absolute atomic E-state index is 9.21. The molecule has 0 bridgehead atoms. The Kier molecular flexibility index (Phi) is 4.98. The van der Waals surface area contributed by atoms with Crippen LogP contribution in [0, 0.1) is 11.3 Å². The summed E-state index contributed by atoms with van der Waals surface area (Å²) in [6.07, 6.45) is 1.77. The molecule has 0 aromatic heterocycles. The van der Waals surface area contributed by atoms with Gasteiger partial charge in [0, 0.05) is 10.9 Å². The van der Waals surface area contributed by atoms with E-state index in [9.17, 15) is 5.26 Å². The SMILES string of the molecule is CCCNC(C)(C#N)Cc1ccc(Br)cc1. The molecule has 1 atom stereocenters. The first-order chi connectivity index (χ1) is 7.59. The second-order valence-corrected chi connectivity index (χ2v) is 5.09. The lowest BCUT2D eigenvalue weighted by atomic mass is 9.94. The van der Waals surface area contributed by atoms with Gasteiger partial charge in [0.1, 0.15) is 5.54 Å². The van der Waals surface area contributed by atoms with E-state index < -0.39 is 5.54 Å². The lowest BCUT2D eigenvalue weighted by Crippen LogP contribution is -2.43. The fourth-order valence-corrected chi connectivity index (χ4v) is 1.82. The van der Waals surface area contributed by atoms with Crippen LogP contribution in [-0.2, 0) is 6.42 Å². The second kappa shape index (κ2) is 6.03. The molecule has 0 heterocycles. The highest BCUT2D eigenvalue weighted by atomic mass is 79.9. The van der Waals surface area contributed by atoms with Crippen LogP contribution >= 0.6 is 15.9 Å². The minimum Gasteiger partial charge on any atom is -0.299 e. The third-order valence-electron chi connectivity index (χ3n) is 2.48. The summed E-state index contributed by atoms with van der Waals surface area (Å²) >= 11 is 3.40. The van der Waals surface area contributed by atoms with E-state index in [2.05, 4.69) is 34.2 Å². The van der Waals surface area contributed by atoms with Crippen LogP contribution in [-0.4, -0.2) is 12.1 Å². The average Bonchev–Trinajstić information content (AvgIpc) is 2.30. The van der Waals surface area contributed by atoms with Crippen LogP contribution in [0.1, 0.15) is 25.8 Å². The molecule has 0 radical (unpaired) electrons. The standard InChI is InChI=1S/C13H17BrN2/c1-3-8-16-13(2,10-15)9-11-4-6-12(14)7-5-11/h4-7,16H,3,8-9H2,1-2H3. The third-order valence-corrected chi connectivity index (χ3v) is 3.01. The molecule has 0 aliphatic heterocycles. The fourth-order valence-electron chi connectivity index (χ4n) is 1.55. The minimum atomic E-state index is -0.468. The molecule has 1 rings (SSSR count). The van der Waals surface area contributed by atoms with E-state index in [1.807, 2.05) is 31.2 Å². The molecule has 3 heteroatoms. The summed E-state index contributed by atoms with van der Waals surface area (Å²) < 4.78 is 1.07. The Morgan fingerprint density at radius 1 is 1.38 bits per heavy atom. The lowest BCUT2D eigenvalue weighted by molar-refractivity contribution is 0.445. The van der Waals surface area contributed by atoms with Crippen LogP contribution in [0.2, 0.25) is 0 Å². The first-order valence-corrected chi connectivity index (χ1v) is 6.29. The normalized spacial score (nSPS) is 14.1. The number of nitriles is 1. The van der Waals surface area contributed by atoms with Crippen molar-refractivity contribution in [1.82, 2.24) is 5.32 Å². The van der Waals surface area contributed by atoms with Crippen LogP contribution in [0.5, 0.6) is 0 Å². The number of hydrogen-bond donors (Lipinski definition) is 1. The highest BCUT2D eigenvalue weighted by Crippen LogP contribution is 2.16. The van der Waals surface area contributed by atoms with E-state index in [1.54, 1.807) is 0 Å². The predicted molar refractivity (Wildman–Crippen MR) is 70.2 cm³/mol. The number of nitrogens with one attached hydrogen (secondary N) is 1. The average molecular weight is 281 g/mol. The van der Waals surface area contributed by atoms with Gasteiger partial charge in [0.15, 0.2) is 0 Å². The van der Waals surface area contributed by atoms with Gasteiger partial charge in [-0.2, -0.15) is 5.26 Å². The molecule has 0 saturated carbocycles. The van der Waals surface area contributed by atoms with Gasteiger partial charge in [0.25, 0.3) is 0 Å². The van der Waals surface area contributed by atoms with Crippen molar-refractivity contribution in [3.63, 3.8) is 0 Å². The third kappa shape index (κ3) is 3.96. The Balaban J connectivity index is 2.69. The topological polar surface area (TPSA) is 35.8 Å². The summed E-state index contributed by atoms with van der Waals surface area (Å²) in [5, 5.41) is 12.5. The van der Waals surface area contributed by atoms with E-state index in [-0.39, 0.29) is 0 Å². The Bertz CT molecular complexity index is 367. The maximum Gasteiger partial charge on any atom is 0.107 e. The van der Waals surface area contributed by atoms with E-state index in [0.29, 0.717) is 0 Å². The molecule has 0 aliphatic carbocycles. The van der Waals surface area contributed by atoms with Crippen molar-refractivity contribution in [2.45, 2.75) is 32.2 Å². The molecule has 0 spiro atoms. The van der Waals surface area contributed by atoms with Crippen molar-refractivity contribution < 1.29 is 0 Å². The quantitative estimate of drug-likeness (QED) is 0.899. The molecule has 16 heavy (non-hydrogen) atoms. The maximum atomic E-state index is 9.21. The number of nitrogens with zero attached hydrogens (tertiary/aromatic N) is 1. The molecule has 2 nitrogen and oxygen atoms in total. The number of halogens is 1. The van der Waals surface area contributed by atoms with Crippen LogP contribution < -0.4 is 5.32 Å². The Hall–Kier alpha value is -0.850. The van der Waals surface area contributed by atoms with Gasteiger partial charge in [0.2, 0.25) is 0 Å². The van der Waals surface area contributed by atoms with Crippen molar-refractivity contribution in [2.75, 3.05) is 6.54 Å². The van der Waals surface area contributed by atoms with Gasteiger partial charge in [-0.1, -0.05) is 35.0 Å². The van der Waals surface area contributed by atoms with Crippen LogP contribution in [0.15, 0.2) is 28.7 Å². The predicted octanol–water partition coefficient (Wildman–Crippen LogP) is 3.27. The van der Waals surface area contributed by atoms with Gasteiger partial charge in [-0.3, -0.25) is 5.32 Å². The number of benzene rings is 1. The molecule has 1 aromatic rings. The first kappa shape index (κ1) is 13.2.